The minimum Gasteiger partial charge on any atom is -0.494 e. The Morgan fingerprint density at radius 1 is 1.12 bits per heavy atom. The quantitative estimate of drug-likeness (QED) is 0.667. The first-order valence-electron chi connectivity index (χ1n) is 8.87. The zero-order chi connectivity index (χ0) is 19.0. The Balaban J connectivity index is 2.01. The smallest absolute Gasteiger partial charge is 0.240 e. The summed E-state index contributed by atoms with van der Waals surface area (Å²) in [5.41, 5.74) is 1.90. The second-order valence-corrected chi connectivity index (χ2v) is 7.93. The molecule has 0 amide bonds. The monoisotopic (exact) mass is 377 g/mol. The first kappa shape index (κ1) is 20.4. The van der Waals surface area contributed by atoms with Gasteiger partial charge in [0.15, 0.2) is 0 Å². The lowest BCUT2D eigenvalue weighted by Gasteiger charge is -2.17. The molecule has 6 heteroatoms. The van der Waals surface area contributed by atoms with Crippen LogP contribution in [0.1, 0.15) is 36.8 Å². The molecule has 0 heterocycles. The van der Waals surface area contributed by atoms with Crippen LogP contribution in [0.2, 0.25) is 0 Å². The SMILES string of the molecule is CCOc1ccc(S(=O)(=O)NCCC(CCO)c2ccccc2)cc1C. The van der Waals surface area contributed by atoms with E-state index in [-0.39, 0.29) is 17.4 Å². The molecule has 0 saturated carbocycles. The molecule has 1 unspecified atom stereocenters. The molecular formula is C20H27NO4S. The van der Waals surface area contributed by atoms with Crippen LogP contribution in [0.15, 0.2) is 53.4 Å². The predicted octanol–water partition coefficient (Wildman–Crippen LogP) is 3.23. The van der Waals surface area contributed by atoms with Crippen LogP contribution in [0.4, 0.5) is 0 Å². The van der Waals surface area contributed by atoms with Crippen LogP contribution < -0.4 is 9.46 Å². The number of ether oxygens (including phenoxy) is 1. The Kier molecular flexibility index (Phi) is 7.63. The number of aryl methyl sites for hydroxylation is 1. The Morgan fingerprint density at radius 2 is 1.85 bits per heavy atom. The van der Waals surface area contributed by atoms with E-state index in [1.54, 1.807) is 18.2 Å². The van der Waals surface area contributed by atoms with Crippen LogP contribution in [-0.4, -0.2) is 33.3 Å². The van der Waals surface area contributed by atoms with E-state index < -0.39 is 10.0 Å². The van der Waals surface area contributed by atoms with Crippen LogP contribution in [0.3, 0.4) is 0 Å². The molecule has 1 atom stereocenters. The van der Waals surface area contributed by atoms with E-state index in [2.05, 4.69) is 4.72 Å². The summed E-state index contributed by atoms with van der Waals surface area (Å²) in [5, 5.41) is 9.28. The maximum atomic E-state index is 12.5. The van der Waals surface area contributed by atoms with Crippen molar-refractivity contribution in [2.75, 3.05) is 19.8 Å². The van der Waals surface area contributed by atoms with Crippen molar-refractivity contribution in [2.24, 2.45) is 0 Å². The van der Waals surface area contributed by atoms with E-state index in [1.165, 1.54) is 0 Å². The highest BCUT2D eigenvalue weighted by Gasteiger charge is 2.17. The first-order valence-corrected chi connectivity index (χ1v) is 10.3. The molecule has 0 saturated heterocycles. The van der Waals surface area contributed by atoms with E-state index in [9.17, 15) is 13.5 Å². The van der Waals surface area contributed by atoms with Gasteiger partial charge in [0.2, 0.25) is 10.0 Å². The van der Waals surface area contributed by atoms with Gasteiger partial charge >= 0.3 is 0 Å². The second kappa shape index (κ2) is 9.71. The Bertz CT molecular complexity index is 791. The molecule has 0 aliphatic heterocycles. The maximum absolute atomic E-state index is 12.5. The van der Waals surface area contributed by atoms with Crippen molar-refractivity contribution >= 4 is 10.0 Å². The number of benzene rings is 2. The van der Waals surface area contributed by atoms with Gasteiger partial charge in [0, 0.05) is 13.2 Å². The van der Waals surface area contributed by atoms with Gasteiger partial charge in [-0.1, -0.05) is 30.3 Å². The summed E-state index contributed by atoms with van der Waals surface area (Å²) in [4.78, 5) is 0.233. The van der Waals surface area contributed by atoms with Crippen molar-refractivity contribution in [2.45, 2.75) is 37.5 Å². The summed E-state index contributed by atoms with van der Waals surface area (Å²) in [7, 11) is -3.58. The van der Waals surface area contributed by atoms with Crippen molar-refractivity contribution in [3.8, 4) is 5.75 Å². The third-order valence-electron chi connectivity index (χ3n) is 4.29. The Hall–Kier alpha value is -1.89. The first-order chi connectivity index (χ1) is 12.5. The van der Waals surface area contributed by atoms with Gasteiger partial charge in [0.05, 0.1) is 11.5 Å². The van der Waals surface area contributed by atoms with E-state index >= 15 is 0 Å². The molecule has 26 heavy (non-hydrogen) atoms. The molecule has 0 aliphatic carbocycles. The van der Waals surface area contributed by atoms with Crippen molar-refractivity contribution in [1.29, 1.82) is 0 Å². The average Bonchev–Trinajstić information content (AvgIpc) is 2.63. The molecule has 2 N–H and O–H groups in total. The standard InChI is InChI=1S/C20H27NO4S/c1-3-25-20-10-9-19(15-16(20)2)26(23,24)21-13-11-18(12-14-22)17-7-5-4-6-8-17/h4-10,15,18,21-22H,3,11-14H2,1-2H3. The molecule has 0 aliphatic rings. The summed E-state index contributed by atoms with van der Waals surface area (Å²) in [6.45, 7) is 4.65. The van der Waals surface area contributed by atoms with Gasteiger partial charge in [-0.05, 0) is 61.9 Å². The summed E-state index contributed by atoms with van der Waals surface area (Å²) >= 11 is 0. The maximum Gasteiger partial charge on any atom is 0.240 e. The van der Waals surface area contributed by atoms with Crippen LogP contribution in [0, 0.1) is 6.92 Å². The number of aliphatic hydroxyl groups excluding tert-OH is 1. The minimum absolute atomic E-state index is 0.0738. The van der Waals surface area contributed by atoms with E-state index in [0.29, 0.717) is 31.7 Å². The molecule has 2 rings (SSSR count). The minimum atomic E-state index is -3.58. The van der Waals surface area contributed by atoms with Gasteiger partial charge < -0.3 is 9.84 Å². The van der Waals surface area contributed by atoms with Gasteiger partial charge in [-0.3, -0.25) is 0 Å². The fourth-order valence-corrected chi connectivity index (χ4v) is 4.05. The van der Waals surface area contributed by atoms with E-state index in [4.69, 9.17) is 4.74 Å². The lowest BCUT2D eigenvalue weighted by molar-refractivity contribution is 0.273. The fraction of sp³-hybridized carbons (Fsp3) is 0.400. The van der Waals surface area contributed by atoms with Crippen molar-refractivity contribution in [3.63, 3.8) is 0 Å². The average molecular weight is 378 g/mol. The van der Waals surface area contributed by atoms with Gasteiger partial charge in [0.1, 0.15) is 5.75 Å². The van der Waals surface area contributed by atoms with Crippen LogP contribution in [0.25, 0.3) is 0 Å². The molecule has 2 aromatic rings. The van der Waals surface area contributed by atoms with Crippen molar-refractivity contribution in [1.82, 2.24) is 4.72 Å². The summed E-state index contributed by atoms with van der Waals surface area (Å²) in [5.74, 6) is 0.810. The molecule has 142 valence electrons. The number of nitrogens with one attached hydrogen (secondary N) is 1. The molecule has 0 spiro atoms. The summed E-state index contributed by atoms with van der Waals surface area (Å²) < 4.78 is 33.2. The normalized spacial score (nSPS) is 12.7. The molecule has 0 fully saturated rings. The van der Waals surface area contributed by atoms with E-state index in [1.807, 2.05) is 44.2 Å². The highest BCUT2D eigenvalue weighted by molar-refractivity contribution is 7.89. The molecular weight excluding hydrogens is 350 g/mol. The van der Waals surface area contributed by atoms with Crippen LogP contribution in [0.5, 0.6) is 5.75 Å². The Morgan fingerprint density at radius 3 is 2.46 bits per heavy atom. The van der Waals surface area contributed by atoms with Crippen molar-refractivity contribution < 1.29 is 18.3 Å². The zero-order valence-corrected chi connectivity index (χ0v) is 16.1. The molecule has 5 nitrogen and oxygen atoms in total. The van der Waals surface area contributed by atoms with Crippen molar-refractivity contribution in [3.05, 3.63) is 59.7 Å². The highest BCUT2D eigenvalue weighted by atomic mass is 32.2. The summed E-state index contributed by atoms with van der Waals surface area (Å²) in [6, 6.07) is 14.7. The predicted molar refractivity (Wildman–Crippen MR) is 103 cm³/mol. The molecule has 2 aromatic carbocycles. The number of hydrogen-bond acceptors (Lipinski definition) is 4. The zero-order valence-electron chi connectivity index (χ0n) is 15.3. The fourth-order valence-electron chi connectivity index (χ4n) is 2.92. The second-order valence-electron chi connectivity index (χ2n) is 6.17. The lowest BCUT2D eigenvalue weighted by Crippen LogP contribution is -2.26. The largest absolute Gasteiger partial charge is 0.494 e. The topological polar surface area (TPSA) is 75.6 Å². The number of rotatable bonds is 10. The number of aliphatic hydroxyl groups is 1. The Labute approximate surface area is 156 Å². The third kappa shape index (κ3) is 5.56. The molecule has 0 radical (unpaired) electrons. The summed E-state index contributed by atoms with van der Waals surface area (Å²) in [6.07, 6.45) is 1.23. The lowest BCUT2D eigenvalue weighted by atomic mass is 9.93. The molecule has 0 bridgehead atoms. The van der Waals surface area contributed by atoms with Crippen LogP contribution >= 0.6 is 0 Å². The third-order valence-corrected chi connectivity index (χ3v) is 5.75. The van der Waals surface area contributed by atoms with Gasteiger partial charge in [-0.15, -0.1) is 0 Å². The van der Waals surface area contributed by atoms with Gasteiger partial charge in [-0.2, -0.15) is 0 Å². The highest BCUT2D eigenvalue weighted by Crippen LogP contribution is 2.24. The molecule has 0 aromatic heterocycles. The van der Waals surface area contributed by atoms with Gasteiger partial charge in [0.25, 0.3) is 0 Å². The van der Waals surface area contributed by atoms with Gasteiger partial charge in [-0.25, -0.2) is 13.1 Å². The van der Waals surface area contributed by atoms with Crippen LogP contribution in [-0.2, 0) is 10.0 Å². The van der Waals surface area contributed by atoms with E-state index in [0.717, 1.165) is 11.1 Å². The number of sulfonamides is 1. The number of hydrogen-bond donors (Lipinski definition) is 2.